The number of H-pyrrole nitrogens is 1. The van der Waals surface area contributed by atoms with Crippen LogP contribution in [0.25, 0.3) is 28.0 Å². The molecule has 0 atom stereocenters. The summed E-state index contributed by atoms with van der Waals surface area (Å²) < 4.78 is 13.2. The Hall–Kier alpha value is -2.86. The molecule has 5 nitrogen and oxygen atoms in total. The summed E-state index contributed by atoms with van der Waals surface area (Å²) in [7, 11) is 1.66. The summed E-state index contributed by atoms with van der Waals surface area (Å²) in [6.07, 6.45) is 0. The van der Waals surface area contributed by atoms with Gasteiger partial charge < -0.3 is 13.7 Å². The van der Waals surface area contributed by atoms with Crippen molar-refractivity contribution >= 4 is 23.1 Å². The normalized spacial score (nSPS) is 11.2. The van der Waals surface area contributed by atoms with Crippen molar-refractivity contribution in [2.24, 2.45) is 0 Å². The number of hydrogen-bond acceptors (Lipinski definition) is 4. The van der Waals surface area contributed by atoms with E-state index in [4.69, 9.17) is 21.4 Å². The summed E-state index contributed by atoms with van der Waals surface area (Å²) in [6.45, 7) is 4.13. The number of ether oxygens (including phenoxy) is 1. The highest BCUT2D eigenvalue weighted by Gasteiger charge is 2.20. The third-order valence-electron chi connectivity index (χ3n) is 4.36. The first-order chi connectivity index (χ1) is 12.1. The average Bonchev–Trinajstić information content (AvgIpc) is 3.15. The topological polar surface area (TPSA) is 56.0 Å². The van der Waals surface area contributed by atoms with Crippen molar-refractivity contribution in [3.8, 4) is 22.9 Å². The molecule has 0 bridgehead atoms. The number of methoxy groups -OCH3 is 1. The summed E-state index contributed by atoms with van der Waals surface area (Å²) in [6, 6.07) is 14.4. The van der Waals surface area contributed by atoms with Crippen molar-refractivity contribution < 1.29 is 9.15 Å². The monoisotopic (exact) mass is 351 g/mol. The Morgan fingerprint density at radius 2 is 1.88 bits per heavy atom. The van der Waals surface area contributed by atoms with Crippen LogP contribution in [0.4, 0.5) is 0 Å². The maximum atomic E-state index is 5.59. The fourth-order valence-electron chi connectivity index (χ4n) is 3.16. The summed E-state index contributed by atoms with van der Waals surface area (Å²) in [5, 5.41) is 7.93. The van der Waals surface area contributed by atoms with Crippen LogP contribution in [0.15, 0.2) is 46.9 Å². The lowest BCUT2D eigenvalue weighted by molar-refractivity contribution is 0.415. The van der Waals surface area contributed by atoms with Crippen LogP contribution >= 0.6 is 12.2 Å². The minimum Gasteiger partial charge on any atom is -0.497 e. The Morgan fingerprint density at radius 1 is 1.12 bits per heavy atom. The van der Waals surface area contributed by atoms with Gasteiger partial charge in [0.15, 0.2) is 0 Å². The molecular formula is C19H17N3O2S. The minimum atomic E-state index is 0.258. The van der Waals surface area contributed by atoms with Gasteiger partial charge in [0.1, 0.15) is 5.75 Å². The molecule has 0 radical (unpaired) electrons. The van der Waals surface area contributed by atoms with Gasteiger partial charge in [0, 0.05) is 16.8 Å². The van der Waals surface area contributed by atoms with E-state index in [1.807, 2.05) is 18.2 Å². The number of aromatic amines is 1. The summed E-state index contributed by atoms with van der Waals surface area (Å²) >= 11 is 5.05. The van der Waals surface area contributed by atoms with E-state index < -0.39 is 0 Å². The first-order valence-corrected chi connectivity index (χ1v) is 8.31. The van der Waals surface area contributed by atoms with Gasteiger partial charge in [-0.25, -0.2) is 5.10 Å². The largest absolute Gasteiger partial charge is 0.497 e. The molecule has 4 rings (SSSR count). The number of nitrogens with zero attached hydrogens (tertiary/aromatic N) is 2. The fourth-order valence-corrected chi connectivity index (χ4v) is 3.28. The van der Waals surface area contributed by atoms with Crippen molar-refractivity contribution in [3.05, 3.63) is 58.6 Å². The minimum absolute atomic E-state index is 0.258. The lowest BCUT2D eigenvalue weighted by Crippen LogP contribution is -1.96. The second kappa shape index (κ2) is 5.89. The van der Waals surface area contributed by atoms with Crippen LogP contribution in [0.5, 0.6) is 5.75 Å². The number of rotatable bonds is 3. The van der Waals surface area contributed by atoms with Crippen LogP contribution in [0.3, 0.4) is 0 Å². The van der Waals surface area contributed by atoms with E-state index in [1.165, 1.54) is 5.56 Å². The number of aryl methyl sites for hydroxylation is 1. The molecule has 2 aromatic carbocycles. The molecule has 0 aliphatic carbocycles. The van der Waals surface area contributed by atoms with E-state index in [2.05, 4.69) is 52.9 Å². The van der Waals surface area contributed by atoms with Crippen LogP contribution < -0.4 is 4.74 Å². The quantitative estimate of drug-likeness (QED) is 0.530. The van der Waals surface area contributed by atoms with Gasteiger partial charge in [-0.2, -0.15) is 0 Å². The smallest absolute Gasteiger partial charge is 0.284 e. The maximum absolute atomic E-state index is 5.59. The molecule has 4 aromatic rings. The van der Waals surface area contributed by atoms with E-state index in [0.717, 1.165) is 33.6 Å². The molecule has 0 aliphatic heterocycles. The molecule has 0 spiro atoms. The van der Waals surface area contributed by atoms with Gasteiger partial charge in [0.2, 0.25) is 5.89 Å². The van der Waals surface area contributed by atoms with Crippen LogP contribution in [0, 0.1) is 18.7 Å². The predicted molar refractivity (Wildman–Crippen MR) is 100.0 cm³/mol. The Labute approximate surface area is 149 Å². The van der Waals surface area contributed by atoms with E-state index in [1.54, 1.807) is 7.11 Å². The van der Waals surface area contributed by atoms with Crippen LogP contribution in [0.1, 0.15) is 11.3 Å². The van der Waals surface area contributed by atoms with Crippen molar-refractivity contribution in [2.75, 3.05) is 7.11 Å². The molecule has 6 heteroatoms. The van der Waals surface area contributed by atoms with E-state index in [9.17, 15) is 0 Å². The molecule has 0 saturated carbocycles. The van der Waals surface area contributed by atoms with Gasteiger partial charge in [-0.05, 0) is 56.4 Å². The number of hydrogen-bond donors (Lipinski definition) is 1. The van der Waals surface area contributed by atoms with Gasteiger partial charge >= 0.3 is 0 Å². The number of benzene rings is 2. The highest BCUT2D eigenvalue weighted by molar-refractivity contribution is 7.71. The second-order valence-corrected chi connectivity index (χ2v) is 6.30. The first-order valence-electron chi connectivity index (χ1n) is 7.90. The maximum Gasteiger partial charge on any atom is 0.284 e. The first kappa shape index (κ1) is 15.7. The van der Waals surface area contributed by atoms with E-state index >= 15 is 0 Å². The molecule has 0 saturated heterocycles. The highest BCUT2D eigenvalue weighted by Crippen LogP contribution is 2.37. The lowest BCUT2D eigenvalue weighted by atomic mass is 10.1. The molecule has 1 N–H and O–H groups in total. The molecular weight excluding hydrogens is 334 g/mol. The zero-order valence-corrected chi connectivity index (χ0v) is 15.0. The van der Waals surface area contributed by atoms with E-state index in [0.29, 0.717) is 5.89 Å². The van der Waals surface area contributed by atoms with Gasteiger partial charge in [0.05, 0.1) is 18.2 Å². The van der Waals surface area contributed by atoms with Crippen molar-refractivity contribution in [3.63, 3.8) is 0 Å². The number of fused-ring (bicyclic) bond motifs is 1. The number of nitrogens with one attached hydrogen (secondary N) is 1. The molecule has 25 heavy (non-hydrogen) atoms. The summed E-state index contributed by atoms with van der Waals surface area (Å²) in [5.74, 6) is 1.26. The standard InChI is InChI=1S/C19H17N3O2S/c1-11-4-6-13(7-5-11)22-12(2)17(18-20-21-19(25)24-18)15-10-14(23-3)8-9-16(15)22/h4-10H,1-3H3,(H,21,25). The van der Waals surface area contributed by atoms with Crippen molar-refractivity contribution in [1.82, 2.24) is 14.8 Å². The van der Waals surface area contributed by atoms with E-state index in [-0.39, 0.29) is 4.84 Å². The average molecular weight is 351 g/mol. The highest BCUT2D eigenvalue weighted by atomic mass is 32.1. The third-order valence-corrected chi connectivity index (χ3v) is 4.53. The summed E-state index contributed by atoms with van der Waals surface area (Å²) in [4.78, 5) is 0.258. The molecule has 2 aromatic heterocycles. The predicted octanol–water partition coefficient (Wildman–Crippen LogP) is 4.97. The Bertz CT molecular complexity index is 1120. The van der Waals surface area contributed by atoms with Gasteiger partial charge in [-0.3, -0.25) is 0 Å². The van der Waals surface area contributed by atoms with Gasteiger partial charge in [0.25, 0.3) is 4.84 Å². The molecule has 0 unspecified atom stereocenters. The third kappa shape index (κ3) is 2.55. The Morgan fingerprint density at radius 3 is 2.52 bits per heavy atom. The molecule has 0 fully saturated rings. The van der Waals surface area contributed by atoms with Crippen LogP contribution in [0.2, 0.25) is 0 Å². The molecule has 2 heterocycles. The number of aromatic nitrogens is 3. The van der Waals surface area contributed by atoms with Crippen LogP contribution in [-0.2, 0) is 0 Å². The Balaban J connectivity index is 2.08. The lowest BCUT2D eigenvalue weighted by Gasteiger charge is -2.09. The Kier molecular flexibility index (Phi) is 3.69. The SMILES string of the molecule is COc1ccc2c(c1)c(-c1n[nH]c(=S)o1)c(C)n2-c1ccc(C)cc1. The fraction of sp³-hybridized carbons (Fsp3) is 0.158. The van der Waals surface area contributed by atoms with Gasteiger partial charge in [-0.15, -0.1) is 5.10 Å². The molecule has 0 aliphatic rings. The summed E-state index contributed by atoms with van der Waals surface area (Å²) in [5.41, 5.74) is 5.29. The molecule has 0 amide bonds. The second-order valence-electron chi connectivity index (χ2n) is 5.93. The molecule has 126 valence electrons. The van der Waals surface area contributed by atoms with Crippen molar-refractivity contribution in [2.45, 2.75) is 13.8 Å². The van der Waals surface area contributed by atoms with Crippen LogP contribution in [-0.4, -0.2) is 21.9 Å². The zero-order chi connectivity index (χ0) is 17.6. The zero-order valence-electron chi connectivity index (χ0n) is 14.2. The van der Waals surface area contributed by atoms with Crippen molar-refractivity contribution in [1.29, 1.82) is 0 Å². The van der Waals surface area contributed by atoms with Gasteiger partial charge in [-0.1, -0.05) is 17.7 Å².